The van der Waals surface area contributed by atoms with Crippen LogP contribution >= 0.6 is 0 Å². The van der Waals surface area contributed by atoms with Crippen LogP contribution in [0.25, 0.3) is 0 Å². The van der Waals surface area contributed by atoms with Crippen molar-refractivity contribution in [3.63, 3.8) is 0 Å². The third-order valence-corrected chi connectivity index (χ3v) is 4.18. The van der Waals surface area contributed by atoms with Gasteiger partial charge in [0, 0.05) is 6.54 Å². The number of para-hydroxylation sites is 1. The van der Waals surface area contributed by atoms with Crippen LogP contribution in [-0.4, -0.2) is 33.4 Å². The molecular formula is C20H25NO3. The zero-order valence-corrected chi connectivity index (χ0v) is 14.2. The molecule has 0 unspecified atom stereocenters. The highest BCUT2D eigenvalue weighted by atomic mass is 16.5. The summed E-state index contributed by atoms with van der Waals surface area (Å²) in [6.45, 7) is 3.18. The molecule has 0 fully saturated rings. The Labute approximate surface area is 143 Å². The van der Waals surface area contributed by atoms with Crippen molar-refractivity contribution < 1.29 is 14.2 Å². The molecule has 0 aromatic heterocycles. The minimum absolute atomic E-state index is 0.641. The van der Waals surface area contributed by atoms with Gasteiger partial charge >= 0.3 is 0 Å². The van der Waals surface area contributed by atoms with Crippen LogP contribution in [0, 0.1) is 0 Å². The Morgan fingerprint density at radius 1 is 1.08 bits per heavy atom. The number of rotatable bonds is 8. The topological polar surface area (TPSA) is 39.7 Å². The number of nitrogens with one attached hydrogen (secondary N) is 1. The van der Waals surface area contributed by atoms with Crippen molar-refractivity contribution in [1.82, 2.24) is 5.32 Å². The molecule has 1 aliphatic rings. The molecule has 0 aliphatic carbocycles. The minimum Gasteiger partial charge on any atom is -0.497 e. The van der Waals surface area contributed by atoms with Crippen molar-refractivity contribution in [3.05, 3.63) is 53.6 Å². The Hall–Kier alpha value is -2.20. The van der Waals surface area contributed by atoms with Gasteiger partial charge in [-0.1, -0.05) is 24.3 Å². The van der Waals surface area contributed by atoms with Crippen LogP contribution in [0.5, 0.6) is 17.2 Å². The number of methoxy groups -OCH3 is 1. The molecule has 2 aromatic rings. The second-order valence-electron chi connectivity index (χ2n) is 5.89. The lowest BCUT2D eigenvalue weighted by Gasteiger charge is -2.20. The van der Waals surface area contributed by atoms with E-state index in [1.54, 1.807) is 7.11 Å². The molecule has 0 radical (unpaired) electrons. The first-order valence-corrected chi connectivity index (χ1v) is 8.58. The summed E-state index contributed by atoms with van der Waals surface area (Å²) in [5, 5.41) is 3.42. The molecular weight excluding hydrogens is 302 g/mol. The molecule has 4 heteroatoms. The largest absolute Gasteiger partial charge is 0.497 e. The quantitative estimate of drug-likeness (QED) is 0.756. The maximum absolute atomic E-state index is 5.88. The van der Waals surface area contributed by atoms with Gasteiger partial charge in [0.05, 0.1) is 13.7 Å². The van der Waals surface area contributed by atoms with Crippen LogP contribution in [-0.2, 0) is 12.8 Å². The van der Waals surface area contributed by atoms with Gasteiger partial charge in [-0.25, -0.2) is 0 Å². The third-order valence-electron chi connectivity index (χ3n) is 4.18. The molecule has 0 saturated carbocycles. The number of hydrogen-bond acceptors (Lipinski definition) is 4. The van der Waals surface area contributed by atoms with Crippen LogP contribution in [0.15, 0.2) is 42.5 Å². The fourth-order valence-corrected chi connectivity index (χ4v) is 2.86. The molecule has 0 amide bonds. The Balaban J connectivity index is 1.37. The highest BCUT2D eigenvalue weighted by molar-refractivity contribution is 5.47. The first kappa shape index (κ1) is 16.7. The van der Waals surface area contributed by atoms with Crippen molar-refractivity contribution in [2.45, 2.75) is 19.3 Å². The van der Waals surface area contributed by atoms with E-state index in [2.05, 4.69) is 23.5 Å². The van der Waals surface area contributed by atoms with Crippen molar-refractivity contribution in [1.29, 1.82) is 0 Å². The SMILES string of the molecule is COc1ccc(CCNCCOc2cccc3c2OCCC3)cc1. The standard InChI is InChI=1S/C20H25NO3/c1-22-18-9-7-16(8-10-18)11-12-21-13-15-23-19-6-2-4-17-5-3-14-24-20(17)19/h2,4,6-10,21H,3,5,11-15H2,1H3. The molecule has 3 rings (SSSR count). The smallest absolute Gasteiger partial charge is 0.164 e. The van der Waals surface area contributed by atoms with Crippen molar-refractivity contribution >= 4 is 0 Å². The molecule has 1 aliphatic heterocycles. The van der Waals surface area contributed by atoms with Gasteiger partial charge in [-0.2, -0.15) is 0 Å². The maximum atomic E-state index is 5.88. The number of hydrogen-bond donors (Lipinski definition) is 1. The van der Waals surface area contributed by atoms with E-state index in [1.165, 1.54) is 11.1 Å². The first-order valence-electron chi connectivity index (χ1n) is 8.58. The molecule has 2 aromatic carbocycles. The van der Waals surface area contributed by atoms with Gasteiger partial charge in [-0.3, -0.25) is 0 Å². The summed E-state index contributed by atoms with van der Waals surface area (Å²) in [5.41, 5.74) is 2.56. The van der Waals surface area contributed by atoms with Gasteiger partial charge in [0.25, 0.3) is 0 Å². The van der Waals surface area contributed by atoms with E-state index in [-0.39, 0.29) is 0 Å². The number of benzene rings is 2. The van der Waals surface area contributed by atoms with Gasteiger partial charge in [-0.15, -0.1) is 0 Å². The third kappa shape index (κ3) is 4.42. The average Bonchev–Trinajstić information content (AvgIpc) is 2.65. The summed E-state index contributed by atoms with van der Waals surface area (Å²) in [6.07, 6.45) is 3.16. The molecule has 128 valence electrons. The van der Waals surface area contributed by atoms with Crippen LogP contribution in [0.1, 0.15) is 17.5 Å². The summed E-state index contributed by atoms with van der Waals surface area (Å²) in [5.74, 6) is 2.69. The maximum Gasteiger partial charge on any atom is 0.164 e. The van der Waals surface area contributed by atoms with Crippen molar-refractivity contribution in [2.75, 3.05) is 33.4 Å². The van der Waals surface area contributed by atoms with E-state index in [0.717, 1.165) is 56.2 Å². The van der Waals surface area contributed by atoms with E-state index < -0.39 is 0 Å². The Morgan fingerprint density at radius 2 is 1.96 bits per heavy atom. The van der Waals surface area contributed by atoms with Crippen molar-refractivity contribution in [3.8, 4) is 17.2 Å². The normalized spacial score (nSPS) is 13.0. The molecule has 1 heterocycles. The summed E-state index contributed by atoms with van der Waals surface area (Å²) in [4.78, 5) is 0. The van der Waals surface area contributed by atoms with Crippen LogP contribution in [0.3, 0.4) is 0 Å². The second-order valence-corrected chi connectivity index (χ2v) is 5.89. The van der Waals surface area contributed by atoms with Gasteiger partial charge < -0.3 is 19.5 Å². The zero-order chi connectivity index (χ0) is 16.6. The highest BCUT2D eigenvalue weighted by Crippen LogP contribution is 2.34. The lowest BCUT2D eigenvalue weighted by molar-refractivity contribution is 0.251. The average molecular weight is 327 g/mol. The first-order chi connectivity index (χ1) is 11.9. The van der Waals surface area contributed by atoms with E-state index in [1.807, 2.05) is 24.3 Å². The van der Waals surface area contributed by atoms with Gasteiger partial charge in [0.2, 0.25) is 0 Å². The second kappa shape index (κ2) is 8.60. The molecule has 0 spiro atoms. The Bertz CT molecular complexity index is 640. The lowest BCUT2D eigenvalue weighted by Crippen LogP contribution is -2.23. The van der Waals surface area contributed by atoms with Gasteiger partial charge in [-0.05, 0) is 55.1 Å². The minimum atomic E-state index is 0.641. The van der Waals surface area contributed by atoms with E-state index in [4.69, 9.17) is 14.2 Å². The molecule has 0 atom stereocenters. The predicted octanol–water partition coefficient (Wildman–Crippen LogP) is 3.23. The fraction of sp³-hybridized carbons (Fsp3) is 0.400. The summed E-state index contributed by atoms with van der Waals surface area (Å²) < 4.78 is 16.8. The summed E-state index contributed by atoms with van der Waals surface area (Å²) in [7, 11) is 1.69. The molecule has 24 heavy (non-hydrogen) atoms. The molecule has 4 nitrogen and oxygen atoms in total. The Kier molecular flexibility index (Phi) is 5.96. The fourth-order valence-electron chi connectivity index (χ4n) is 2.86. The van der Waals surface area contributed by atoms with E-state index in [0.29, 0.717) is 6.61 Å². The molecule has 0 bridgehead atoms. The van der Waals surface area contributed by atoms with Crippen LogP contribution in [0.4, 0.5) is 0 Å². The van der Waals surface area contributed by atoms with Crippen LogP contribution in [0.2, 0.25) is 0 Å². The molecule has 1 N–H and O–H groups in total. The lowest BCUT2D eigenvalue weighted by atomic mass is 10.1. The number of fused-ring (bicyclic) bond motifs is 1. The Morgan fingerprint density at radius 3 is 2.79 bits per heavy atom. The van der Waals surface area contributed by atoms with Gasteiger partial charge in [0.1, 0.15) is 12.4 Å². The summed E-state index contributed by atoms with van der Waals surface area (Å²) >= 11 is 0. The molecule has 0 saturated heterocycles. The van der Waals surface area contributed by atoms with E-state index >= 15 is 0 Å². The van der Waals surface area contributed by atoms with Crippen molar-refractivity contribution in [2.24, 2.45) is 0 Å². The van der Waals surface area contributed by atoms with Gasteiger partial charge in [0.15, 0.2) is 11.5 Å². The van der Waals surface area contributed by atoms with E-state index in [9.17, 15) is 0 Å². The monoisotopic (exact) mass is 327 g/mol. The van der Waals surface area contributed by atoms with Crippen LogP contribution < -0.4 is 19.5 Å². The predicted molar refractivity (Wildman–Crippen MR) is 95.3 cm³/mol. The zero-order valence-electron chi connectivity index (χ0n) is 14.2. The highest BCUT2D eigenvalue weighted by Gasteiger charge is 2.14. The number of aryl methyl sites for hydroxylation is 1. The summed E-state index contributed by atoms with van der Waals surface area (Å²) in [6, 6.07) is 14.3. The number of ether oxygens (including phenoxy) is 3.